The average molecular weight is 437 g/mol. The standard InChI is InChI=1S/C14H17INO5P/c15-22-21-10-9-20-8-7-19-6-5-16-13(17)11-3-1-2-4-12(11)14(16)18/h1-4,22H,5-10H2. The minimum Gasteiger partial charge on any atom is -0.377 e. The van der Waals surface area contributed by atoms with E-state index in [1.54, 1.807) is 24.3 Å². The second-order valence-electron chi connectivity index (χ2n) is 4.46. The third-order valence-corrected chi connectivity index (χ3v) is 4.34. The Hall–Kier alpha value is -0.600. The van der Waals surface area contributed by atoms with Gasteiger partial charge in [-0.1, -0.05) is 12.1 Å². The Morgan fingerprint density at radius 2 is 1.45 bits per heavy atom. The molecule has 0 N–H and O–H groups in total. The molecule has 2 rings (SSSR count). The van der Waals surface area contributed by atoms with Crippen LogP contribution in [0, 0.1) is 0 Å². The highest BCUT2D eigenvalue weighted by atomic mass is 127. The second kappa shape index (κ2) is 9.52. The van der Waals surface area contributed by atoms with Gasteiger partial charge >= 0.3 is 0 Å². The van der Waals surface area contributed by atoms with Crippen LogP contribution < -0.4 is 0 Å². The van der Waals surface area contributed by atoms with Crippen molar-refractivity contribution in [3.8, 4) is 0 Å². The Bertz CT molecular complexity index is 493. The molecule has 1 aromatic carbocycles. The van der Waals surface area contributed by atoms with E-state index in [-0.39, 0.29) is 18.4 Å². The first-order chi connectivity index (χ1) is 10.8. The fourth-order valence-electron chi connectivity index (χ4n) is 2.06. The lowest BCUT2D eigenvalue weighted by Crippen LogP contribution is -2.33. The largest absolute Gasteiger partial charge is 0.377 e. The van der Waals surface area contributed by atoms with Crippen molar-refractivity contribution >= 4 is 40.3 Å². The zero-order valence-corrected chi connectivity index (χ0v) is 15.1. The maximum Gasteiger partial charge on any atom is 0.261 e. The van der Waals surface area contributed by atoms with Crippen molar-refractivity contribution in [2.45, 2.75) is 0 Å². The quantitative estimate of drug-likeness (QED) is 0.243. The average Bonchev–Trinajstić information content (AvgIpc) is 2.78. The highest BCUT2D eigenvalue weighted by molar-refractivity contribution is 14.2. The molecule has 6 nitrogen and oxygen atoms in total. The van der Waals surface area contributed by atoms with Gasteiger partial charge in [0.05, 0.1) is 57.2 Å². The number of rotatable bonds is 10. The van der Waals surface area contributed by atoms with E-state index in [0.29, 0.717) is 50.6 Å². The smallest absolute Gasteiger partial charge is 0.261 e. The summed E-state index contributed by atoms with van der Waals surface area (Å²) in [5, 5.41) is 0. The van der Waals surface area contributed by atoms with Gasteiger partial charge in [-0.15, -0.1) is 0 Å². The molecule has 8 heteroatoms. The molecule has 0 aliphatic carbocycles. The maximum absolute atomic E-state index is 12.1. The lowest BCUT2D eigenvalue weighted by atomic mass is 10.1. The van der Waals surface area contributed by atoms with Gasteiger partial charge in [-0.3, -0.25) is 14.5 Å². The van der Waals surface area contributed by atoms with Gasteiger partial charge in [-0.25, -0.2) is 0 Å². The van der Waals surface area contributed by atoms with E-state index in [1.165, 1.54) is 4.90 Å². The summed E-state index contributed by atoms with van der Waals surface area (Å²) in [4.78, 5) is 25.4. The highest BCUT2D eigenvalue weighted by Crippen LogP contribution is 2.22. The van der Waals surface area contributed by atoms with Crippen LogP contribution in [0.1, 0.15) is 20.7 Å². The van der Waals surface area contributed by atoms with E-state index >= 15 is 0 Å². The van der Waals surface area contributed by atoms with Crippen LogP contribution in [0.15, 0.2) is 24.3 Å². The Kier molecular flexibility index (Phi) is 7.68. The van der Waals surface area contributed by atoms with Gasteiger partial charge in [0.1, 0.15) is 0 Å². The van der Waals surface area contributed by atoms with Gasteiger partial charge in [0.25, 0.3) is 11.8 Å². The molecular formula is C14H17INO5P. The Morgan fingerprint density at radius 1 is 0.909 bits per heavy atom. The minimum absolute atomic E-state index is 0.253. The number of nitrogens with zero attached hydrogens (tertiary/aromatic N) is 1. The molecular weight excluding hydrogens is 420 g/mol. The first kappa shape index (κ1) is 17.7. The zero-order chi connectivity index (χ0) is 15.8. The van der Waals surface area contributed by atoms with E-state index in [1.807, 2.05) is 0 Å². The molecule has 1 unspecified atom stereocenters. The summed E-state index contributed by atoms with van der Waals surface area (Å²) < 4.78 is 15.8. The van der Waals surface area contributed by atoms with Crippen molar-refractivity contribution in [2.24, 2.45) is 0 Å². The van der Waals surface area contributed by atoms with Crippen molar-refractivity contribution in [3.05, 3.63) is 35.4 Å². The number of halogens is 1. The van der Waals surface area contributed by atoms with Crippen LogP contribution >= 0.6 is 28.5 Å². The summed E-state index contributed by atoms with van der Waals surface area (Å²) in [7, 11) is 0. The number of amides is 2. The summed E-state index contributed by atoms with van der Waals surface area (Å²) in [5.41, 5.74) is 0.929. The SMILES string of the molecule is O=C1c2ccccc2C(=O)N1CCOCCOCCOPI. The van der Waals surface area contributed by atoms with Crippen molar-refractivity contribution in [1.82, 2.24) is 4.90 Å². The summed E-state index contributed by atoms with van der Waals surface area (Å²) in [6, 6.07) is 6.85. The first-order valence-corrected chi connectivity index (χ1v) is 10.9. The van der Waals surface area contributed by atoms with Crippen LogP contribution in [-0.4, -0.2) is 56.3 Å². The summed E-state index contributed by atoms with van der Waals surface area (Å²) >= 11 is 2.15. The molecule has 0 bridgehead atoms. The molecule has 1 heterocycles. The van der Waals surface area contributed by atoms with Crippen LogP contribution in [0.5, 0.6) is 0 Å². The second-order valence-corrected chi connectivity index (χ2v) is 6.22. The van der Waals surface area contributed by atoms with E-state index < -0.39 is 0 Å². The zero-order valence-electron chi connectivity index (χ0n) is 11.9. The molecule has 0 saturated carbocycles. The van der Waals surface area contributed by atoms with Crippen LogP contribution in [0.2, 0.25) is 0 Å². The number of fused-ring (bicyclic) bond motifs is 1. The third kappa shape index (κ3) is 4.70. The van der Waals surface area contributed by atoms with Crippen molar-refractivity contribution in [1.29, 1.82) is 0 Å². The predicted octanol–water partition coefficient (Wildman–Crippen LogP) is 2.28. The van der Waals surface area contributed by atoms with Crippen LogP contribution in [0.4, 0.5) is 0 Å². The third-order valence-electron chi connectivity index (χ3n) is 3.09. The molecule has 22 heavy (non-hydrogen) atoms. The van der Waals surface area contributed by atoms with E-state index in [4.69, 9.17) is 14.0 Å². The lowest BCUT2D eigenvalue weighted by Gasteiger charge is -2.13. The van der Waals surface area contributed by atoms with Gasteiger partial charge < -0.3 is 14.0 Å². The van der Waals surface area contributed by atoms with Crippen LogP contribution in [-0.2, 0) is 14.0 Å². The maximum atomic E-state index is 12.1. The van der Waals surface area contributed by atoms with E-state index in [9.17, 15) is 9.59 Å². The fraction of sp³-hybridized carbons (Fsp3) is 0.429. The van der Waals surface area contributed by atoms with Gasteiger partial charge in [-0.05, 0) is 34.2 Å². The Balaban J connectivity index is 1.63. The summed E-state index contributed by atoms with van der Waals surface area (Å²) in [6.45, 7) is 3.02. The molecule has 0 aromatic heterocycles. The Labute approximate surface area is 143 Å². The number of ether oxygens (including phenoxy) is 2. The minimum atomic E-state index is -0.253. The molecule has 0 saturated heterocycles. The van der Waals surface area contributed by atoms with E-state index in [0.717, 1.165) is 0 Å². The van der Waals surface area contributed by atoms with Crippen LogP contribution in [0.3, 0.4) is 0 Å². The number of carbonyl (C=O) groups is 2. The van der Waals surface area contributed by atoms with Crippen molar-refractivity contribution in [2.75, 3.05) is 39.6 Å². The van der Waals surface area contributed by atoms with Crippen molar-refractivity contribution < 1.29 is 23.6 Å². The van der Waals surface area contributed by atoms with Crippen molar-refractivity contribution in [3.63, 3.8) is 0 Å². The molecule has 1 aromatic rings. The number of benzene rings is 1. The number of hydrogen-bond donors (Lipinski definition) is 0. The lowest BCUT2D eigenvalue weighted by molar-refractivity contribution is 0.0296. The normalized spacial score (nSPS) is 14.3. The molecule has 2 amide bonds. The fourth-order valence-corrected chi connectivity index (χ4v) is 2.88. The molecule has 1 aliphatic rings. The molecule has 120 valence electrons. The molecule has 1 atom stereocenters. The number of hydrogen-bond acceptors (Lipinski definition) is 5. The topological polar surface area (TPSA) is 65.1 Å². The molecule has 1 aliphatic heterocycles. The monoisotopic (exact) mass is 437 g/mol. The van der Waals surface area contributed by atoms with Crippen LogP contribution in [0.25, 0.3) is 0 Å². The predicted molar refractivity (Wildman–Crippen MR) is 91.7 cm³/mol. The first-order valence-electron chi connectivity index (χ1n) is 6.84. The van der Waals surface area contributed by atoms with Gasteiger partial charge in [0.2, 0.25) is 0 Å². The van der Waals surface area contributed by atoms with Gasteiger partial charge in [0.15, 0.2) is 0 Å². The summed E-state index contributed by atoms with van der Waals surface area (Å²) in [5.74, 6) is -0.505. The molecule has 0 radical (unpaired) electrons. The molecule has 0 fully saturated rings. The molecule has 0 spiro atoms. The van der Waals surface area contributed by atoms with E-state index in [2.05, 4.69) is 22.0 Å². The highest BCUT2D eigenvalue weighted by Gasteiger charge is 2.34. The van der Waals surface area contributed by atoms with Gasteiger partial charge in [0, 0.05) is 0 Å². The number of carbonyl (C=O) groups excluding carboxylic acids is 2. The summed E-state index contributed by atoms with van der Waals surface area (Å²) in [6.07, 6.45) is 0. The number of imide groups is 1. The van der Waals surface area contributed by atoms with Gasteiger partial charge in [-0.2, -0.15) is 0 Å². The Morgan fingerprint density at radius 3 is 2.05 bits per heavy atom.